The van der Waals surface area contributed by atoms with Gasteiger partial charge in [0.2, 0.25) is 0 Å². The Morgan fingerprint density at radius 1 is 1.00 bits per heavy atom. The van der Waals surface area contributed by atoms with E-state index in [1.54, 1.807) is 25.4 Å². The molecule has 0 aliphatic carbocycles. The van der Waals surface area contributed by atoms with E-state index in [1.807, 2.05) is 36.4 Å². The van der Waals surface area contributed by atoms with Crippen LogP contribution in [-0.4, -0.2) is 16.7 Å². The predicted octanol–water partition coefficient (Wildman–Crippen LogP) is 3.61. The molecule has 0 unspecified atom stereocenters. The molecule has 2 aromatic heterocycles. The summed E-state index contributed by atoms with van der Waals surface area (Å²) in [5, 5.41) is 1.26. The third kappa shape index (κ3) is 2.33. The van der Waals surface area contributed by atoms with E-state index in [9.17, 15) is 4.79 Å². The van der Waals surface area contributed by atoms with E-state index in [4.69, 9.17) is 4.74 Å². The Morgan fingerprint density at radius 2 is 1.83 bits per heavy atom. The van der Waals surface area contributed by atoms with Gasteiger partial charge in [-0.3, -0.25) is 4.79 Å². The molecular weight excluding hydrogens is 300 g/mol. The van der Waals surface area contributed by atoms with E-state index in [0.717, 1.165) is 11.1 Å². The number of pyridine rings is 2. The predicted molar refractivity (Wildman–Crippen MR) is 95.6 cm³/mol. The van der Waals surface area contributed by atoms with Gasteiger partial charge in [0, 0.05) is 12.7 Å². The van der Waals surface area contributed by atoms with Crippen molar-refractivity contribution in [3.05, 3.63) is 82.6 Å². The van der Waals surface area contributed by atoms with Crippen LogP contribution in [0, 0.1) is 0 Å². The summed E-state index contributed by atoms with van der Waals surface area (Å²) in [6.07, 6.45) is 1.72. The second kappa shape index (κ2) is 5.81. The molecule has 0 aliphatic heterocycles. The van der Waals surface area contributed by atoms with Crippen molar-refractivity contribution in [2.75, 3.05) is 7.11 Å². The van der Waals surface area contributed by atoms with Crippen molar-refractivity contribution in [3.8, 4) is 5.75 Å². The van der Waals surface area contributed by atoms with Crippen LogP contribution in [0.15, 0.2) is 71.7 Å². The first-order valence-electron chi connectivity index (χ1n) is 7.77. The highest BCUT2D eigenvalue weighted by atomic mass is 16.5. The first-order valence-corrected chi connectivity index (χ1v) is 7.77. The van der Waals surface area contributed by atoms with E-state index in [2.05, 4.69) is 21.7 Å². The normalized spacial score (nSPS) is 11.0. The van der Waals surface area contributed by atoms with E-state index < -0.39 is 0 Å². The third-order valence-electron chi connectivity index (χ3n) is 4.21. The lowest BCUT2D eigenvalue weighted by Gasteiger charge is -2.15. The van der Waals surface area contributed by atoms with Crippen LogP contribution in [0.2, 0.25) is 0 Å². The maximum Gasteiger partial charge on any atom is 0.198 e. The molecule has 0 N–H and O–H groups in total. The number of hydrogen-bond donors (Lipinski definition) is 0. The molecule has 0 radical (unpaired) electrons. The van der Waals surface area contributed by atoms with Crippen molar-refractivity contribution in [3.63, 3.8) is 0 Å². The zero-order chi connectivity index (χ0) is 16.5. The number of fused-ring (bicyclic) bond motifs is 2. The quantitative estimate of drug-likeness (QED) is 0.542. The molecule has 0 bridgehead atoms. The van der Waals surface area contributed by atoms with Gasteiger partial charge < -0.3 is 9.30 Å². The molecule has 0 atom stereocenters. The maximum atomic E-state index is 12.9. The lowest BCUT2D eigenvalue weighted by Crippen LogP contribution is -2.13. The Kier molecular flexibility index (Phi) is 3.50. The lowest BCUT2D eigenvalue weighted by molar-refractivity contribution is 0.415. The second-order valence-electron chi connectivity index (χ2n) is 5.66. The number of benzene rings is 2. The van der Waals surface area contributed by atoms with Gasteiger partial charge in [-0.2, -0.15) is 0 Å². The third-order valence-corrected chi connectivity index (χ3v) is 4.21. The second-order valence-corrected chi connectivity index (χ2v) is 5.66. The molecule has 24 heavy (non-hydrogen) atoms. The maximum absolute atomic E-state index is 12.9. The van der Waals surface area contributed by atoms with Crippen molar-refractivity contribution in [1.29, 1.82) is 0 Å². The zero-order valence-corrected chi connectivity index (χ0v) is 13.3. The molecule has 4 aromatic rings. The van der Waals surface area contributed by atoms with Crippen LogP contribution in [0.1, 0.15) is 5.56 Å². The molecule has 2 heterocycles. The average Bonchev–Trinajstić information content (AvgIpc) is 2.65. The Morgan fingerprint density at radius 3 is 2.62 bits per heavy atom. The molecule has 4 heteroatoms. The smallest absolute Gasteiger partial charge is 0.198 e. The minimum Gasteiger partial charge on any atom is -0.497 e. The van der Waals surface area contributed by atoms with Gasteiger partial charge in [0.1, 0.15) is 11.4 Å². The van der Waals surface area contributed by atoms with Crippen LogP contribution < -0.4 is 10.2 Å². The molecule has 2 aromatic carbocycles. The highest BCUT2D eigenvalue weighted by Crippen LogP contribution is 2.23. The minimum atomic E-state index is -0.0173. The van der Waals surface area contributed by atoms with Crippen LogP contribution in [0.3, 0.4) is 0 Å². The van der Waals surface area contributed by atoms with Gasteiger partial charge in [-0.15, -0.1) is 0 Å². The Balaban J connectivity index is 2.08. The van der Waals surface area contributed by atoms with Crippen molar-refractivity contribution < 1.29 is 4.74 Å². The number of ether oxygens (including phenoxy) is 1. The summed E-state index contributed by atoms with van der Waals surface area (Å²) in [7, 11) is 1.60. The summed E-state index contributed by atoms with van der Waals surface area (Å²) >= 11 is 0. The molecule has 0 saturated carbocycles. The fraction of sp³-hybridized carbons (Fsp3) is 0.100. The zero-order valence-electron chi connectivity index (χ0n) is 13.3. The molecule has 4 rings (SSSR count). The van der Waals surface area contributed by atoms with Crippen molar-refractivity contribution >= 4 is 21.9 Å². The number of nitrogens with zero attached hydrogens (tertiary/aromatic N) is 2. The summed E-state index contributed by atoms with van der Waals surface area (Å²) in [4.78, 5) is 17.3. The molecule has 118 valence electrons. The molecule has 0 spiro atoms. The van der Waals surface area contributed by atoms with Crippen molar-refractivity contribution in [2.24, 2.45) is 0 Å². The van der Waals surface area contributed by atoms with E-state index in [0.29, 0.717) is 28.7 Å². The highest BCUT2D eigenvalue weighted by Gasteiger charge is 2.12. The SMILES string of the molecule is COc1ccc2c(c1)c(=O)c1cccnc1n2Cc1ccccc1. The molecule has 0 saturated heterocycles. The number of rotatable bonds is 3. The van der Waals surface area contributed by atoms with Crippen molar-refractivity contribution in [1.82, 2.24) is 9.55 Å². The number of hydrogen-bond acceptors (Lipinski definition) is 3. The molecule has 0 aliphatic rings. The summed E-state index contributed by atoms with van der Waals surface area (Å²) < 4.78 is 7.37. The largest absolute Gasteiger partial charge is 0.497 e. The first-order chi connectivity index (χ1) is 11.8. The van der Waals surface area contributed by atoms with Gasteiger partial charge in [0.25, 0.3) is 0 Å². The van der Waals surface area contributed by atoms with E-state index in [-0.39, 0.29) is 5.43 Å². The fourth-order valence-corrected chi connectivity index (χ4v) is 3.03. The minimum absolute atomic E-state index is 0.0173. The Bertz CT molecular complexity index is 1090. The molecule has 4 nitrogen and oxygen atoms in total. The Hall–Kier alpha value is -3.14. The fourth-order valence-electron chi connectivity index (χ4n) is 3.03. The number of aromatic nitrogens is 2. The van der Waals surface area contributed by atoms with Gasteiger partial charge in [0.15, 0.2) is 5.43 Å². The van der Waals surface area contributed by atoms with Crippen LogP contribution in [0.5, 0.6) is 5.75 Å². The van der Waals surface area contributed by atoms with Crippen molar-refractivity contribution in [2.45, 2.75) is 6.54 Å². The summed E-state index contributed by atoms with van der Waals surface area (Å²) in [6.45, 7) is 0.650. The van der Waals surface area contributed by atoms with Gasteiger partial charge in [-0.1, -0.05) is 30.3 Å². The van der Waals surface area contributed by atoms with Gasteiger partial charge in [-0.25, -0.2) is 4.98 Å². The van der Waals surface area contributed by atoms with Gasteiger partial charge in [0.05, 0.1) is 23.4 Å². The highest BCUT2D eigenvalue weighted by molar-refractivity contribution is 5.92. The van der Waals surface area contributed by atoms with Crippen LogP contribution in [-0.2, 0) is 6.54 Å². The lowest BCUT2D eigenvalue weighted by atomic mass is 10.1. The monoisotopic (exact) mass is 316 g/mol. The Labute approximate surface area is 139 Å². The molecular formula is C20H16N2O2. The number of methoxy groups -OCH3 is 1. The molecule has 0 amide bonds. The van der Waals surface area contributed by atoms with Gasteiger partial charge in [-0.05, 0) is 35.9 Å². The van der Waals surface area contributed by atoms with E-state index in [1.165, 1.54) is 0 Å². The first kappa shape index (κ1) is 14.5. The summed E-state index contributed by atoms with van der Waals surface area (Å²) in [5.74, 6) is 0.675. The van der Waals surface area contributed by atoms with Crippen LogP contribution >= 0.6 is 0 Å². The summed E-state index contributed by atoms with van der Waals surface area (Å²) in [6, 6.07) is 19.4. The van der Waals surface area contributed by atoms with Crippen LogP contribution in [0.25, 0.3) is 21.9 Å². The topological polar surface area (TPSA) is 44.1 Å². The average molecular weight is 316 g/mol. The van der Waals surface area contributed by atoms with Crippen LogP contribution in [0.4, 0.5) is 0 Å². The molecule has 0 fully saturated rings. The standard InChI is InChI=1S/C20H16N2O2/c1-24-15-9-10-18-17(12-15)19(23)16-8-5-11-21-20(16)22(18)13-14-6-3-2-4-7-14/h2-12H,13H2,1H3. The van der Waals surface area contributed by atoms with E-state index >= 15 is 0 Å². The van der Waals surface area contributed by atoms with Gasteiger partial charge >= 0.3 is 0 Å². The summed E-state index contributed by atoms with van der Waals surface area (Å²) in [5.41, 5.74) is 2.70.